The number of para-hydroxylation sites is 1. The highest BCUT2D eigenvalue weighted by molar-refractivity contribution is 5.94. The molecular weight excluding hydrogens is 528 g/mol. The van der Waals surface area contributed by atoms with Gasteiger partial charge in [0.25, 0.3) is 0 Å². The van der Waals surface area contributed by atoms with Gasteiger partial charge in [0.15, 0.2) is 0 Å². The first kappa shape index (κ1) is 29.8. The molecule has 3 aromatic carbocycles. The van der Waals surface area contributed by atoms with Crippen molar-refractivity contribution in [3.63, 3.8) is 0 Å². The Hall–Kier alpha value is -4.73. The maximum atomic E-state index is 13.2. The summed E-state index contributed by atoms with van der Waals surface area (Å²) in [4.78, 5) is 29.5. The van der Waals surface area contributed by atoms with E-state index >= 15 is 0 Å². The van der Waals surface area contributed by atoms with E-state index in [1.165, 1.54) is 0 Å². The van der Waals surface area contributed by atoms with Crippen LogP contribution in [0.15, 0.2) is 103 Å². The number of nitrogens with zero attached hydrogens (tertiary/aromatic N) is 1. The van der Waals surface area contributed by atoms with Gasteiger partial charge in [-0.25, -0.2) is 0 Å². The minimum absolute atomic E-state index is 0. The van der Waals surface area contributed by atoms with Crippen LogP contribution in [0.5, 0.6) is 11.5 Å². The van der Waals surface area contributed by atoms with E-state index in [9.17, 15) is 9.59 Å². The first-order chi connectivity index (χ1) is 19.0. The van der Waals surface area contributed by atoms with Crippen LogP contribution in [0.1, 0.15) is 28.3 Å². The number of nitrogens with two attached hydrogens (primary N) is 1. The first-order valence-electron chi connectivity index (χ1n) is 12.4. The number of amides is 2. The third-order valence-electron chi connectivity index (χ3n) is 5.89. The molecule has 1 aromatic heterocycles. The molecule has 0 saturated heterocycles. The van der Waals surface area contributed by atoms with E-state index in [1.54, 1.807) is 36.7 Å². The second-order valence-corrected chi connectivity index (χ2v) is 8.76. The second kappa shape index (κ2) is 15.0. The number of carbonyl (C=O) groups excluding carboxylic acids is 2. The van der Waals surface area contributed by atoms with Crippen molar-refractivity contribution in [3.8, 4) is 11.5 Å². The number of hydrogen-bond donors (Lipinski definition) is 5. The number of halogens is 1. The number of benzene rings is 3. The molecule has 1 atom stereocenters. The third kappa shape index (κ3) is 8.93. The summed E-state index contributed by atoms with van der Waals surface area (Å²) in [6.07, 6.45) is 3.31. The first-order valence-corrected chi connectivity index (χ1v) is 12.4. The molecule has 1 unspecified atom stereocenters. The van der Waals surface area contributed by atoms with Gasteiger partial charge in [0.05, 0.1) is 6.54 Å². The lowest BCUT2D eigenvalue weighted by Crippen LogP contribution is -2.42. The molecule has 0 fully saturated rings. The number of nitrogen functional groups attached to an aromatic ring is 1. The smallest absolute Gasteiger partial charge is 0.242 e. The van der Waals surface area contributed by atoms with E-state index in [4.69, 9.17) is 15.9 Å². The molecular formula is C30H31ClN6O3. The average Bonchev–Trinajstić information content (AvgIpc) is 2.97. The van der Waals surface area contributed by atoms with Gasteiger partial charge in [-0.1, -0.05) is 54.6 Å². The van der Waals surface area contributed by atoms with E-state index < -0.39 is 6.04 Å². The lowest BCUT2D eigenvalue weighted by Gasteiger charge is -2.19. The second-order valence-electron chi connectivity index (χ2n) is 8.76. The average molecular weight is 559 g/mol. The number of carbonyl (C=O) groups is 2. The summed E-state index contributed by atoms with van der Waals surface area (Å²) in [5.74, 6) is 0.701. The number of ether oxygens (including phenoxy) is 1. The molecule has 0 saturated carbocycles. The zero-order chi connectivity index (χ0) is 27.5. The molecule has 0 radical (unpaired) electrons. The Kier molecular flexibility index (Phi) is 11.2. The molecule has 0 aliphatic heterocycles. The van der Waals surface area contributed by atoms with E-state index in [2.05, 4.69) is 20.9 Å². The summed E-state index contributed by atoms with van der Waals surface area (Å²) < 4.78 is 5.87. The summed E-state index contributed by atoms with van der Waals surface area (Å²) in [6, 6.07) is 26.8. The summed E-state index contributed by atoms with van der Waals surface area (Å²) >= 11 is 0. The molecule has 0 aliphatic rings. The Labute approximate surface area is 239 Å². The Morgan fingerprint density at radius 1 is 0.800 bits per heavy atom. The van der Waals surface area contributed by atoms with Crippen LogP contribution in [0.25, 0.3) is 0 Å². The Balaban J connectivity index is 0.00000441. The lowest BCUT2D eigenvalue weighted by molar-refractivity contribution is -0.127. The molecule has 2 amide bonds. The monoisotopic (exact) mass is 558 g/mol. The standard InChI is InChI=1S/C30H30N6O3.ClH/c31-29(32)24-8-6-21(7-9-24)19-35-28(23-10-12-26(13-11-23)39-25-4-2-1-3-5-25)30(38)36-20-27(37)34-18-22-14-16-33-17-15-22;/h1-17,28,35H,18-20H2,(H3,31,32)(H,34,37)(H,36,38);1H. The van der Waals surface area contributed by atoms with Crippen LogP contribution in [0.3, 0.4) is 0 Å². The largest absolute Gasteiger partial charge is 0.457 e. The number of hydrogen-bond acceptors (Lipinski definition) is 6. The number of rotatable bonds is 12. The molecule has 0 aliphatic carbocycles. The molecule has 1 heterocycles. The molecule has 40 heavy (non-hydrogen) atoms. The number of pyridine rings is 1. The fourth-order valence-corrected chi connectivity index (χ4v) is 3.77. The van der Waals surface area contributed by atoms with Crippen molar-refractivity contribution in [2.24, 2.45) is 5.73 Å². The van der Waals surface area contributed by atoms with Gasteiger partial charge < -0.3 is 21.1 Å². The topological polar surface area (TPSA) is 142 Å². The van der Waals surface area contributed by atoms with Gasteiger partial charge in [-0.15, -0.1) is 12.4 Å². The predicted octanol–water partition coefficient (Wildman–Crippen LogP) is 3.84. The van der Waals surface area contributed by atoms with Gasteiger partial charge in [0, 0.05) is 31.0 Å². The van der Waals surface area contributed by atoms with Crippen molar-refractivity contribution in [1.82, 2.24) is 20.9 Å². The fourth-order valence-electron chi connectivity index (χ4n) is 3.77. The summed E-state index contributed by atoms with van der Waals surface area (Å²) in [7, 11) is 0. The van der Waals surface area contributed by atoms with E-state index in [0.29, 0.717) is 35.7 Å². The van der Waals surface area contributed by atoms with Gasteiger partial charge in [-0.3, -0.25) is 25.3 Å². The van der Waals surface area contributed by atoms with Gasteiger partial charge in [-0.05, 0) is 53.1 Å². The minimum atomic E-state index is -0.726. The number of nitrogens with one attached hydrogen (secondary N) is 4. The van der Waals surface area contributed by atoms with Crippen LogP contribution < -0.4 is 26.4 Å². The number of amidine groups is 1. The van der Waals surface area contributed by atoms with Crippen molar-refractivity contribution in [2.75, 3.05) is 6.54 Å². The zero-order valence-electron chi connectivity index (χ0n) is 21.7. The molecule has 9 nitrogen and oxygen atoms in total. The highest BCUT2D eigenvalue weighted by atomic mass is 35.5. The molecule has 4 rings (SSSR count). The molecule has 6 N–H and O–H groups in total. The summed E-state index contributed by atoms with van der Waals surface area (Å²) in [5, 5.41) is 16.4. The van der Waals surface area contributed by atoms with Gasteiger partial charge in [0.1, 0.15) is 23.4 Å². The van der Waals surface area contributed by atoms with Crippen molar-refractivity contribution in [2.45, 2.75) is 19.1 Å². The SMILES string of the molecule is Cl.N=C(N)c1ccc(CNC(C(=O)NCC(=O)NCc2ccncc2)c2ccc(Oc3ccccc3)cc2)cc1. The van der Waals surface area contributed by atoms with Gasteiger partial charge in [0.2, 0.25) is 11.8 Å². The lowest BCUT2D eigenvalue weighted by atomic mass is 10.0. The Morgan fingerprint density at radius 3 is 2.08 bits per heavy atom. The summed E-state index contributed by atoms with van der Waals surface area (Å²) in [5.41, 5.74) is 8.71. The molecule has 0 bridgehead atoms. The highest BCUT2D eigenvalue weighted by Crippen LogP contribution is 2.24. The molecule has 0 spiro atoms. The highest BCUT2D eigenvalue weighted by Gasteiger charge is 2.21. The van der Waals surface area contributed by atoms with Gasteiger partial charge >= 0.3 is 0 Å². The van der Waals surface area contributed by atoms with Crippen LogP contribution in [-0.2, 0) is 22.7 Å². The van der Waals surface area contributed by atoms with Crippen LogP contribution >= 0.6 is 12.4 Å². The van der Waals surface area contributed by atoms with Gasteiger partial charge in [-0.2, -0.15) is 0 Å². The zero-order valence-corrected chi connectivity index (χ0v) is 22.5. The van der Waals surface area contributed by atoms with E-state index in [0.717, 1.165) is 11.1 Å². The quantitative estimate of drug-likeness (QED) is 0.132. The Bertz CT molecular complexity index is 1380. The molecule has 4 aromatic rings. The fraction of sp³-hybridized carbons (Fsp3) is 0.133. The summed E-state index contributed by atoms with van der Waals surface area (Å²) in [6.45, 7) is 0.565. The van der Waals surface area contributed by atoms with Crippen molar-refractivity contribution in [3.05, 3.63) is 126 Å². The third-order valence-corrected chi connectivity index (χ3v) is 5.89. The van der Waals surface area contributed by atoms with E-state index in [1.807, 2.05) is 66.7 Å². The van der Waals surface area contributed by atoms with Crippen molar-refractivity contribution >= 4 is 30.1 Å². The maximum Gasteiger partial charge on any atom is 0.242 e. The van der Waals surface area contributed by atoms with Crippen molar-refractivity contribution in [1.29, 1.82) is 5.41 Å². The predicted molar refractivity (Wildman–Crippen MR) is 156 cm³/mol. The molecule has 206 valence electrons. The maximum absolute atomic E-state index is 13.2. The van der Waals surface area contributed by atoms with Crippen LogP contribution in [0.2, 0.25) is 0 Å². The minimum Gasteiger partial charge on any atom is -0.457 e. The van der Waals surface area contributed by atoms with Crippen LogP contribution in [-0.4, -0.2) is 29.2 Å². The van der Waals surface area contributed by atoms with E-state index in [-0.39, 0.29) is 36.6 Å². The van der Waals surface area contributed by atoms with Crippen LogP contribution in [0, 0.1) is 5.41 Å². The number of aromatic nitrogens is 1. The van der Waals surface area contributed by atoms with Crippen LogP contribution in [0.4, 0.5) is 0 Å². The van der Waals surface area contributed by atoms with Crippen molar-refractivity contribution < 1.29 is 14.3 Å². The normalized spacial score (nSPS) is 11.0. The Morgan fingerprint density at radius 2 is 1.43 bits per heavy atom. The molecule has 10 heteroatoms.